The molecule has 0 aromatic carbocycles. The third-order valence-electron chi connectivity index (χ3n) is 1.97. The molecule has 0 heterocycles. The van der Waals surface area contributed by atoms with Crippen LogP contribution in [0.15, 0.2) is 11.5 Å². The van der Waals surface area contributed by atoms with Gasteiger partial charge < -0.3 is 9.68 Å². The van der Waals surface area contributed by atoms with Gasteiger partial charge in [-0.05, 0) is 38.1 Å². The van der Waals surface area contributed by atoms with Gasteiger partial charge in [-0.1, -0.05) is 6.08 Å². The van der Waals surface area contributed by atoms with Crippen LogP contribution < -0.4 is 0 Å². The van der Waals surface area contributed by atoms with Crippen LogP contribution in [0.25, 0.3) is 0 Å². The Labute approximate surface area is 68.4 Å². The van der Waals surface area contributed by atoms with Crippen LogP contribution in [0.2, 0.25) is 0 Å². The van der Waals surface area contributed by atoms with Gasteiger partial charge in [0.05, 0.1) is 0 Å². The van der Waals surface area contributed by atoms with Crippen LogP contribution in [0, 0.1) is 0 Å². The van der Waals surface area contributed by atoms with Crippen LogP contribution in [-0.2, 0) is 4.65 Å². The fraction of sp³-hybridized carbons (Fsp3) is 0.750. The van der Waals surface area contributed by atoms with Gasteiger partial charge >= 0.3 is 7.12 Å². The van der Waals surface area contributed by atoms with Gasteiger partial charge in [0.15, 0.2) is 0 Å². The lowest BCUT2D eigenvalue weighted by Crippen LogP contribution is -2.22. The Morgan fingerprint density at radius 2 is 2.45 bits per heavy atom. The molecule has 0 atom stereocenters. The van der Waals surface area contributed by atoms with E-state index in [0.29, 0.717) is 6.61 Å². The first kappa shape index (κ1) is 8.82. The van der Waals surface area contributed by atoms with Gasteiger partial charge in [0.1, 0.15) is 0 Å². The van der Waals surface area contributed by atoms with Gasteiger partial charge in [-0.25, -0.2) is 0 Å². The lowest BCUT2D eigenvalue weighted by molar-refractivity contribution is 0.281. The fourth-order valence-corrected chi connectivity index (χ4v) is 1.35. The van der Waals surface area contributed by atoms with Crippen molar-refractivity contribution in [2.75, 3.05) is 6.61 Å². The van der Waals surface area contributed by atoms with Crippen molar-refractivity contribution in [1.82, 2.24) is 0 Å². The average Bonchev–Trinajstić information content (AvgIpc) is 2.07. The molecule has 0 spiro atoms. The second kappa shape index (κ2) is 4.57. The monoisotopic (exact) mass is 154 g/mol. The first-order valence-electron chi connectivity index (χ1n) is 4.33. The van der Waals surface area contributed by atoms with E-state index in [1.54, 1.807) is 0 Å². The number of hydrogen-bond acceptors (Lipinski definition) is 2. The molecule has 0 saturated carbocycles. The molecule has 1 rings (SSSR count). The summed E-state index contributed by atoms with van der Waals surface area (Å²) in [7, 11) is -0.639. The number of hydrogen-bond donors (Lipinski definition) is 1. The van der Waals surface area contributed by atoms with Gasteiger partial charge in [-0.3, -0.25) is 0 Å². The van der Waals surface area contributed by atoms with E-state index in [9.17, 15) is 5.02 Å². The van der Waals surface area contributed by atoms with Crippen LogP contribution in [0.1, 0.15) is 32.6 Å². The van der Waals surface area contributed by atoms with Gasteiger partial charge in [-0.15, -0.1) is 0 Å². The molecule has 2 nitrogen and oxygen atoms in total. The highest BCUT2D eigenvalue weighted by atomic mass is 16.5. The molecule has 0 bridgehead atoms. The molecule has 0 unspecified atom stereocenters. The van der Waals surface area contributed by atoms with E-state index in [4.69, 9.17) is 4.65 Å². The summed E-state index contributed by atoms with van der Waals surface area (Å²) in [6.07, 6.45) is 6.64. The van der Waals surface area contributed by atoms with Crippen molar-refractivity contribution in [2.45, 2.75) is 32.6 Å². The summed E-state index contributed by atoms with van der Waals surface area (Å²) < 4.78 is 5.07. The zero-order valence-electron chi connectivity index (χ0n) is 7.05. The molecule has 1 aliphatic carbocycles. The van der Waals surface area contributed by atoms with Crippen molar-refractivity contribution >= 4 is 7.12 Å². The molecule has 0 radical (unpaired) electrons. The summed E-state index contributed by atoms with van der Waals surface area (Å²) in [6.45, 7) is 2.48. The van der Waals surface area contributed by atoms with Crippen molar-refractivity contribution in [3.05, 3.63) is 11.5 Å². The van der Waals surface area contributed by atoms with Crippen molar-refractivity contribution in [3.8, 4) is 0 Å². The minimum atomic E-state index is -0.639. The van der Waals surface area contributed by atoms with E-state index >= 15 is 0 Å². The molecule has 62 valence electrons. The summed E-state index contributed by atoms with van der Waals surface area (Å²) in [5.41, 5.74) is 1.07. The molecule has 0 aliphatic heterocycles. The summed E-state index contributed by atoms with van der Waals surface area (Å²) >= 11 is 0. The molecule has 11 heavy (non-hydrogen) atoms. The zero-order valence-corrected chi connectivity index (χ0v) is 7.05. The summed E-state index contributed by atoms with van der Waals surface area (Å²) in [5.74, 6) is 0. The molecule has 0 saturated heterocycles. The van der Waals surface area contributed by atoms with E-state index in [1.807, 2.05) is 6.92 Å². The molecule has 0 amide bonds. The van der Waals surface area contributed by atoms with Crippen molar-refractivity contribution in [1.29, 1.82) is 0 Å². The SMILES string of the molecule is CCOB(O)C1=CCCCC1. The number of rotatable bonds is 3. The lowest BCUT2D eigenvalue weighted by atomic mass is 9.73. The normalized spacial score (nSPS) is 17.8. The molecule has 1 N–H and O–H groups in total. The van der Waals surface area contributed by atoms with Gasteiger partial charge in [0.25, 0.3) is 0 Å². The Hall–Kier alpha value is -0.275. The maximum Gasteiger partial charge on any atom is 0.486 e. The highest BCUT2D eigenvalue weighted by molar-refractivity contribution is 6.52. The number of allylic oxidation sites excluding steroid dienone is 2. The van der Waals surface area contributed by atoms with Crippen LogP contribution in [-0.4, -0.2) is 18.7 Å². The smallest absolute Gasteiger partial charge is 0.423 e. The Morgan fingerprint density at radius 1 is 1.64 bits per heavy atom. The minimum absolute atomic E-state index is 0.582. The van der Waals surface area contributed by atoms with Crippen LogP contribution in [0.5, 0.6) is 0 Å². The zero-order chi connectivity index (χ0) is 8.10. The predicted octanol–water partition coefficient (Wildman–Crippen LogP) is 1.54. The second-order valence-electron chi connectivity index (χ2n) is 2.83. The van der Waals surface area contributed by atoms with Crippen molar-refractivity contribution in [3.63, 3.8) is 0 Å². The van der Waals surface area contributed by atoms with Crippen LogP contribution >= 0.6 is 0 Å². The second-order valence-corrected chi connectivity index (χ2v) is 2.83. The summed E-state index contributed by atoms with van der Waals surface area (Å²) in [5, 5.41) is 9.38. The van der Waals surface area contributed by atoms with Gasteiger partial charge in [0, 0.05) is 6.61 Å². The molecule has 0 aromatic rings. The molecule has 0 fully saturated rings. The van der Waals surface area contributed by atoms with Crippen molar-refractivity contribution < 1.29 is 9.68 Å². The Bertz CT molecular complexity index is 145. The molecule has 0 aromatic heterocycles. The van der Waals surface area contributed by atoms with E-state index in [1.165, 1.54) is 12.8 Å². The van der Waals surface area contributed by atoms with Crippen molar-refractivity contribution in [2.24, 2.45) is 0 Å². The van der Waals surface area contributed by atoms with E-state index in [-0.39, 0.29) is 0 Å². The van der Waals surface area contributed by atoms with E-state index < -0.39 is 7.12 Å². The molecule has 1 aliphatic rings. The van der Waals surface area contributed by atoms with E-state index in [0.717, 1.165) is 18.3 Å². The standard InChI is InChI=1S/C8H15BO2/c1-2-11-9(10)8-6-4-3-5-7-8/h6,10H,2-5,7H2,1H3. The molecular weight excluding hydrogens is 139 g/mol. The molecule has 3 heteroatoms. The first-order chi connectivity index (χ1) is 5.34. The predicted molar refractivity (Wildman–Crippen MR) is 46.1 cm³/mol. The Balaban J connectivity index is 2.37. The Morgan fingerprint density at radius 3 is 3.00 bits per heavy atom. The Kier molecular flexibility index (Phi) is 3.67. The fourth-order valence-electron chi connectivity index (χ4n) is 1.35. The lowest BCUT2D eigenvalue weighted by Gasteiger charge is -2.14. The third kappa shape index (κ3) is 2.68. The quantitative estimate of drug-likeness (QED) is 0.624. The average molecular weight is 154 g/mol. The van der Waals surface area contributed by atoms with E-state index in [2.05, 4.69) is 6.08 Å². The minimum Gasteiger partial charge on any atom is -0.423 e. The molecular formula is C8H15BO2. The summed E-state index contributed by atoms with van der Waals surface area (Å²) in [6, 6.07) is 0. The topological polar surface area (TPSA) is 29.5 Å². The van der Waals surface area contributed by atoms with Crippen LogP contribution in [0.4, 0.5) is 0 Å². The maximum absolute atomic E-state index is 9.38. The largest absolute Gasteiger partial charge is 0.486 e. The van der Waals surface area contributed by atoms with Gasteiger partial charge in [-0.2, -0.15) is 0 Å². The highest BCUT2D eigenvalue weighted by Gasteiger charge is 2.19. The summed E-state index contributed by atoms with van der Waals surface area (Å²) in [4.78, 5) is 0. The first-order valence-corrected chi connectivity index (χ1v) is 4.33. The third-order valence-corrected chi connectivity index (χ3v) is 1.97. The maximum atomic E-state index is 9.38. The highest BCUT2D eigenvalue weighted by Crippen LogP contribution is 2.18. The van der Waals surface area contributed by atoms with Crippen LogP contribution in [0.3, 0.4) is 0 Å². The van der Waals surface area contributed by atoms with Gasteiger partial charge in [0.2, 0.25) is 0 Å².